The zero-order valence-electron chi connectivity index (χ0n) is 19.6. The molecule has 0 saturated carbocycles. The van der Waals surface area contributed by atoms with Crippen LogP contribution in [0.4, 0.5) is 10.5 Å². The summed E-state index contributed by atoms with van der Waals surface area (Å²) in [7, 11) is 3.54. The number of pyridine rings is 1. The van der Waals surface area contributed by atoms with Gasteiger partial charge in [0.2, 0.25) is 5.91 Å². The Hall–Kier alpha value is -3.94. The number of aryl methyl sites for hydroxylation is 1. The van der Waals surface area contributed by atoms with Crippen molar-refractivity contribution < 1.29 is 14.3 Å². The highest BCUT2D eigenvalue weighted by Crippen LogP contribution is 2.23. The van der Waals surface area contributed by atoms with E-state index in [1.165, 1.54) is 11.0 Å². The van der Waals surface area contributed by atoms with E-state index in [2.05, 4.69) is 15.4 Å². The number of ether oxygens (including phenoxy) is 1. The number of aromatic nitrogens is 3. The molecular weight excluding hydrogens is 418 g/mol. The summed E-state index contributed by atoms with van der Waals surface area (Å²) in [6.07, 6.45) is 9.92. The fraction of sp³-hybridized carbons (Fsp3) is 0.280. The molecule has 0 bridgehead atoms. The number of carbonyl (C=O) groups is 2. The van der Waals surface area contributed by atoms with Crippen LogP contribution in [0.1, 0.15) is 31.9 Å². The normalized spacial score (nSPS) is 11.4. The van der Waals surface area contributed by atoms with E-state index in [4.69, 9.17) is 4.74 Å². The van der Waals surface area contributed by atoms with Crippen LogP contribution < -0.4 is 5.32 Å². The number of anilines is 1. The van der Waals surface area contributed by atoms with Gasteiger partial charge in [-0.2, -0.15) is 5.10 Å². The lowest BCUT2D eigenvalue weighted by molar-refractivity contribution is -0.111. The smallest absolute Gasteiger partial charge is 0.410 e. The average Bonchev–Trinajstić information content (AvgIpc) is 3.19. The minimum atomic E-state index is -0.540. The lowest BCUT2D eigenvalue weighted by Crippen LogP contribution is -2.33. The van der Waals surface area contributed by atoms with E-state index in [9.17, 15) is 9.59 Å². The first-order valence-electron chi connectivity index (χ1n) is 10.6. The maximum absolute atomic E-state index is 12.4. The van der Waals surface area contributed by atoms with Crippen LogP contribution in [0.15, 0.2) is 61.2 Å². The Morgan fingerprint density at radius 1 is 1.15 bits per heavy atom. The monoisotopic (exact) mass is 447 g/mol. The highest BCUT2D eigenvalue weighted by Gasteiger charge is 2.19. The minimum absolute atomic E-state index is 0.255. The van der Waals surface area contributed by atoms with Crippen LogP contribution in [-0.2, 0) is 23.1 Å². The highest BCUT2D eigenvalue weighted by atomic mass is 16.6. The van der Waals surface area contributed by atoms with Crippen molar-refractivity contribution in [3.63, 3.8) is 0 Å². The Balaban J connectivity index is 1.59. The van der Waals surface area contributed by atoms with E-state index in [0.29, 0.717) is 12.2 Å². The zero-order valence-corrected chi connectivity index (χ0v) is 19.6. The predicted octanol–water partition coefficient (Wildman–Crippen LogP) is 4.50. The molecule has 0 spiro atoms. The molecule has 2 heterocycles. The number of benzene rings is 1. The van der Waals surface area contributed by atoms with Crippen LogP contribution in [0.25, 0.3) is 17.2 Å². The van der Waals surface area contributed by atoms with E-state index in [-0.39, 0.29) is 12.0 Å². The number of nitrogens with zero attached hydrogens (tertiary/aromatic N) is 4. The standard InChI is InChI=1S/C25H29N5O3/c1-25(2,3)33-24(32)29(4)16-18-6-9-21(10-7-18)28-23(31)11-8-19-14-26-13-12-22(19)20-15-27-30(5)17-20/h6-15,17H,16H2,1-5H3,(H,28,31)/b11-8+. The molecule has 1 aromatic carbocycles. The van der Waals surface area contributed by atoms with Crippen molar-refractivity contribution in [1.82, 2.24) is 19.7 Å². The molecule has 0 aliphatic carbocycles. The molecule has 3 aromatic rings. The lowest BCUT2D eigenvalue weighted by Gasteiger charge is -2.24. The number of hydrogen-bond donors (Lipinski definition) is 1. The van der Waals surface area contributed by atoms with Gasteiger partial charge in [0.25, 0.3) is 0 Å². The fourth-order valence-corrected chi connectivity index (χ4v) is 3.08. The third-order valence-corrected chi connectivity index (χ3v) is 4.63. The van der Waals surface area contributed by atoms with Crippen LogP contribution in [-0.4, -0.2) is 44.3 Å². The van der Waals surface area contributed by atoms with Crippen LogP contribution in [0.5, 0.6) is 0 Å². The lowest BCUT2D eigenvalue weighted by atomic mass is 10.0. The molecule has 3 rings (SSSR count). The molecule has 0 aliphatic heterocycles. The van der Waals surface area contributed by atoms with Gasteiger partial charge in [0.1, 0.15) is 5.60 Å². The van der Waals surface area contributed by atoms with Crippen molar-refractivity contribution in [2.24, 2.45) is 7.05 Å². The highest BCUT2D eigenvalue weighted by molar-refractivity contribution is 6.02. The van der Waals surface area contributed by atoms with Gasteiger partial charge in [-0.3, -0.25) is 14.5 Å². The Morgan fingerprint density at radius 2 is 1.88 bits per heavy atom. The molecule has 0 atom stereocenters. The second-order valence-electron chi connectivity index (χ2n) is 8.72. The SMILES string of the molecule is CN(Cc1ccc(NC(=O)/C=C/c2cnccc2-c2cnn(C)c2)cc1)C(=O)OC(C)(C)C. The van der Waals surface area contributed by atoms with Crippen LogP contribution in [0.2, 0.25) is 0 Å². The molecule has 1 N–H and O–H groups in total. The van der Waals surface area contributed by atoms with Crippen molar-refractivity contribution in [3.8, 4) is 11.1 Å². The van der Waals surface area contributed by atoms with E-state index in [1.807, 2.05) is 52.2 Å². The first-order chi connectivity index (χ1) is 15.6. The summed E-state index contributed by atoms with van der Waals surface area (Å²) >= 11 is 0. The topological polar surface area (TPSA) is 89.4 Å². The number of carbonyl (C=O) groups excluding carboxylic acids is 2. The molecule has 33 heavy (non-hydrogen) atoms. The van der Waals surface area contributed by atoms with Crippen LogP contribution in [0, 0.1) is 0 Å². The molecule has 0 radical (unpaired) electrons. The largest absolute Gasteiger partial charge is 0.444 e. The van der Waals surface area contributed by atoms with Gasteiger partial charge < -0.3 is 15.0 Å². The molecule has 172 valence electrons. The first-order valence-corrected chi connectivity index (χ1v) is 10.6. The number of rotatable bonds is 6. The summed E-state index contributed by atoms with van der Waals surface area (Å²) < 4.78 is 7.09. The van der Waals surface area contributed by atoms with Gasteiger partial charge in [-0.05, 0) is 56.2 Å². The molecule has 0 fully saturated rings. The second-order valence-corrected chi connectivity index (χ2v) is 8.72. The Kier molecular flexibility index (Phi) is 7.27. The summed E-state index contributed by atoms with van der Waals surface area (Å²) in [6, 6.07) is 9.22. The average molecular weight is 448 g/mol. The Morgan fingerprint density at radius 3 is 2.52 bits per heavy atom. The summed E-state index contributed by atoms with van der Waals surface area (Å²) in [4.78, 5) is 30.2. The van der Waals surface area contributed by atoms with Gasteiger partial charge in [0.15, 0.2) is 0 Å². The van der Waals surface area contributed by atoms with E-state index in [1.54, 1.807) is 48.5 Å². The maximum Gasteiger partial charge on any atom is 0.410 e. The molecular formula is C25H29N5O3. The Labute approximate surface area is 193 Å². The van der Waals surface area contributed by atoms with E-state index < -0.39 is 5.60 Å². The molecule has 0 unspecified atom stereocenters. The molecule has 8 nitrogen and oxygen atoms in total. The quantitative estimate of drug-likeness (QED) is 0.562. The van der Waals surface area contributed by atoms with Gasteiger partial charge in [0, 0.05) is 62.1 Å². The van der Waals surface area contributed by atoms with Crippen LogP contribution >= 0.6 is 0 Å². The fourth-order valence-electron chi connectivity index (χ4n) is 3.08. The zero-order chi connectivity index (χ0) is 24.0. The Bertz CT molecular complexity index is 1140. The van der Waals surface area contributed by atoms with Crippen LogP contribution in [0.3, 0.4) is 0 Å². The van der Waals surface area contributed by atoms with Crippen molar-refractivity contribution in [1.29, 1.82) is 0 Å². The van der Waals surface area contributed by atoms with Gasteiger partial charge in [-0.25, -0.2) is 4.79 Å². The number of hydrogen-bond acceptors (Lipinski definition) is 5. The molecule has 0 saturated heterocycles. The van der Waals surface area contributed by atoms with Crippen molar-refractivity contribution in [2.75, 3.05) is 12.4 Å². The second kappa shape index (κ2) is 10.1. The van der Waals surface area contributed by atoms with E-state index in [0.717, 1.165) is 22.3 Å². The molecule has 2 amide bonds. The van der Waals surface area contributed by atoms with Gasteiger partial charge in [-0.15, -0.1) is 0 Å². The third kappa shape index (κ3) is 7.03. The van der Waals surface area contributed by atoms with Crippen molar-refractivity contribution in [3.05, 3.63) is 72.3 Å². The first kappa shape index (κ1) is 23.7. The number of nitrogens with one attached hydrogen (secondary N) is 1. The summed E-state index contributed by atoms with van der Waals surface area (Å²) in [5, 5.41) is 7.04. The van der Waals surface area contributed by atoms with E-state index >= 15 is 0 Å². The third-order valence-electron chi connectivity index (χ3n) is 4.63. The summed E-state index contributed by atoms with van der Waals surface area (Å²) in [6.45, 7) is 5.90. The predicted molar refractivity (Wildman–Crippen MR) is 128 cm³/mol. The molecule has 8 heteroatoms. The maximum atomic E-state index is 12.4. The molecule has 2 aromatic heterocycles. The summed E-state index contributed by atoms with van der Waals surface area (Å²) in [5.74, 6) is -0.255. The van der Waals surface area contributed by atoms with Gasteiger partial charge in [0.05, 0.1) is 6.20 Å². The molecule has 0 aliphatic rings. The minimum Gasteiger partial charge on any atom is -0.444 e. The van der Waals surface area contributed by atoms with Crippen molar-refractivity contribution in [2.45, 2.75) is 32.9 Å². The summed E-state index contributed by atoms with van der Waals surface area (Å²) in [5.41, 5.74) is 3.76. The van der Waals surface area contributed by atoms with Gasteiger partial charge in [-0.1, -0.05) is 12.1 Å². The van der Waals surface area contributed by atoms with Gasteiger partial charge >= 0.3 is 6.09 Å². The van der Waals surface area contributed by atoms with Crippen molar-refractivity contribution >= 4 is 23.8 Å². The number of amides is 2.